The third-order valence-corrected chi connectivity index (χ3v) is 4.40. The minimum Gasteiger partial charge on any atom is -0.494 e. The van der Waals surface area contributed by atoms with Gasteiger partial charge in [-0.2, -0.15) is 0 Å². The Morgan fingerprint density at radius 1 is 1.23 bits per heavy atom. The number of hydrogen-bond donors (Lipinski definition) is 0. The highest BCUT2D eigenvalue weighted by molar-refractivity contribution is 5.87. The summed E-state index contributed by atoms with van der Waals surface area (Å²) >= 11 is 0. The van der Waals surface area contributed by atoms with Gasteiger partial charge in [-0.05, 0) is 58.3 Å². The molecule has 26 heavy (non-hydrogen) atoms. The van der Waals surface area contributed by atoms with Crippen LogP contribution in [0.3, 0.4) is 0 Å². The molecule has 0 aromatic heterocycles. The lowest BCUT2D eigenvalue weighted by Gasteiger charge is -2.30. The predicted octanol–water partition coefficient (Wildman–Crippen LogP) is 4.73. The van der Waals surface area contributed by atoms with Crippen molar-refractivity contribution in [3.63, 3.8) is 0 Å². The Bertz CT molecular complexity index is 536. The van der Waals surface area contributed by atoms with Crippen molar-refractivity contribution in [1.82, 2.24) is 4.90 Å². The van der Waals surface area contributed by atoms with E-state index in [1.807, 2.05) is 38.1 Å². The maximum Gasteiger partial charge on any atom is 0.414 e. The zero-order valence-corrected chi connectivity index (χ0v) is 17.1. The van der Waals surface area contributed by atoms with Crippen LogP contribution in [0, 0.1) is 0 Å². The normalized spacial score (nSPS) is 15.7. The molecule has 148 valence electrons. The minimum absolute atomic E-state index is 0. The number of nitrogens with zero attached hydrogens (tertiary/aromatic N) is 2. The maximum absolute atomic E-state index is 12.6. The number of carbonyl (C=O) groups excluding carboxylic acids is 1. The van der Waals surface area contributed by atoms with Crippen molar-refractivity contribution in [2.75, 3.05) is 37.7 Å². The molecule has 1 aliphatic heterocycles. The number of halogens is 1. The van der Waals surface area contributed by atoms with E-state index in [1.54, 1.807) is 4.90 Å². The summed E-state index contributed by atoms with van der Waals surface area (Å²) in [4.78, 5) is 16.6. The third kappa shape index (κ3) is 7.04. The number of piperidine rings is 1. The van der Waals surface area contributed by atoms with Crippen LogP contribution in [0.15, 0.2) is 24.3 Å². The van der Waals surface area contributed by atoms with Crippen molar-refractivity contribution >= 4 is 24.2 Å². The molecular formula is C20H33ClN2O3. The van der Waals surface area contributed by atoms with E-state index in [-0.39, 0.29) is 24.6 Å². The van der Waals surface area contributed by atoms with Crippen LogP contribution in [-0.4, -0.2) is 49.9 Å². The van der Waals surface area contributed by atoms with Crippen molar-refractivity contribution in [2.24, 2.45) is 0 Å². The third-order valence-electron chi connectivity index (χ3n) is 4.40. The van der Waals surface area contributed by atoms with Gasteiger partial charge in [0.25, 0.3) is 0 Å². The number of carbonyl (C=O) groups is 1. The molecule has 1 aromatic carbocycles. The topological polar surface area (TPSA) is 42.0 Å². The first-order valence-electron chi connectivity index (χ1n) is 9.57. The molecule has 0 aliphatic carbocycles. The summed E-state index contributed by atoms with van der Waals surface area (Å²) in [6.45, 7) is 10.3. The fourth-order valence-corrected chi connectivity index (χ4v) is 3.16. The van der Waals surface area contributed by atoms with Crippen molar-refractivity contribution in [2.45, 2.75) is 52.6 Å². The molecule has 2 rings (SSSR count). The Labute approximate surface area is 164 Å². The van der Waals surface area contributed by atoms with E-state index < -0.39 is 0 Å². The zero-order valence-electron chi connectivity index (χ0n) is 16.3. The molecule has 0 bridgehead atoms. The standard InChI is InChI=1S/C20H32N2O3.ClH/c1-4-14-24-19-11-9-10-18(15-19)22(5-2)20(23)25-17(3)16-21-12-7-6-8-13-21;/h9-11,15,17H,4-8,12-14,16H2,1-3H3;1H. The van der Waals surface area contributed by atoms with Gasteiger partial charge < -0.3 is 9.47 Å². The van der Waals surface area contributed by atoms with Crippen LogP contribution >= 0.6 is 12.4 Å². The van der Waals surface area contributed by atoms with Crippen LogP contribution < -0.4 is 9.64 Å². The van der Waals surface area contributed by atoms with Gasteiger partial charge in [-0.25, -0.2) is 4.79 Å². The predicted molar refractivity (Wildman–Crippen MR) is 109 cm³/mol. The van der Waals surface area contributed by atoms with Crippen LogP contribution in [0.25, 0.3) is 0 Å². The number of likely N-dealkylation sites (tertiary alicyclic amines) is 1. The number of rotatable bonds is 8. The monoisotopic (exact) mass is 384 g/mol. The van der Waals surface area contributed by atoms with Gasteiger partial charge in [-0.1, -0.05) is 19.4 Å². The van der Waals surface area contributed by atoms with E-state index in [1.165, 1.54) is 19.3 Å². The fraction of sp³-hybridized carbons (Fsp3) is 0.650. The highest BCUT2D eigenvalue weighted by atomic mass is 35.5. The summed E-state index contributed by atoms with van der Waals surface area (Å²) in [7, 11) is 0. The van der Waals surface area contributed by atoms with E-state index >= 15 is 0 Å². The number of anilines is 1. The van der Waals surface area contributed by atoms with E-state index in [0.717, 1.165) is 37.5 Å². The Morgan fingerprint density at radius 3 is 2.62 bits per heavy atom. The average molecular weight is 385 g/mol. The van der Waals surface area contributed by atoms with Gasteiger partial charge in [0.15, 0.2) is 0 Å². The summed E-state index contributed by atoms with van der Waals surface area (Å²) < 4.78 is 11.4. The first-order chi connectivity index (χ1) is 12.1. The second kappa shape index (κ2) is 12.0. The van der Waals surface area contributed by atoms with Crippen molar-refractivity contribution < 1.29 is 14.3 Å². The van der Waals surface area contributed by atoms with Gasteiger partial charge in [-0.3, -0.25) is 9.80 Å². The summed E-state index contributed by atoms with van der Waals surface area (Å²) in [5.41, 5.74) is 0.811. The molecule has 1 aliphatic rings. The van der Waals surface area contributed by atoms with E-state index in [0.29, 0.717) is 13.2 Å². The zero-order chi connectivity index (χ0) is 18.1. The van der Waals surface area contributed by atoms with Crippen LogP contribution in [0.4, 0.5) is 10.5 Å². The van der Waals surface area contributed by atoms with E-state index in [2.05, 4.69) is 11.8 Å². The molecule has 6 heteroatoms. The molecule has 1 unspecified atom stereocenters. The minimum atomic E-state index is -0.292. The highest BCUT2D eigenvalue weighted by Gasteiger charge is 2.21. The van der Waals surface area contributed by atoms with Crippen LogP contribution in [-0.2, 0) is 4.74 Å². The lowest BCUT2D eigenvalue weighted by atomic mass is 10.1. The number of benzene rings is 1. The Balaban J connectivity index is 0.00000338. The van der Waals surface area contributed by atoms with Crippen LogP contribution in [0.2, 0.25) is 0 Å². The van der Waals surface area contributed by atoms with Crippen LogP contribution in [0.1, 0.15) is 46.5 Å². The Kier molecular flexibility index (Phi) is 10.4. The van der Waals surface area contributed by atoms with Crippen molar-refractivity contribution in [3.8, 4) is 5.75 Å². The summed E-state index contributed by atoms with van der Waals surface area (Å²) in [5, 5.41) is 0. The van der Waals surface area contributed by atoms with E-state index in [9.17, 15) is 4.79 Å². The Hall–Kier alpha value is -1.46. The van der Waals surface area contributed by atoms with Crippen LogP contribution in [0.5, 0.6) is 5.75 Å². The smallest absolute Gasteiger partial charge is 0.414 e. The van der Waals surface area contributed by atoms with Gasteiger partial charge in [0.1, 0.15) is 11.9 Å². The molecular weight excluding hydrogens is 352 g/mol. The second-order valence-electron chi connectivity index (χ2n) is 6.65. The molecule has 5 nitrogen and oxygen atoms in total. The fourth-order valence-electron chi connectivity index (χ4n) is 3.16. The average Bonchev–Trinajstić information content (AvgIpc) is 2.61. The van der Waals surface area contributed by atoms with Crippen molar-refractivity contribution in [3.05, 3.63) is 24.3 Å². The first kappa shape index (κ1) is 22.6. The lowest BCUT2D eigenvalue weighted by molar-refractivity contribution is 0.0788. The quantitative estimate of drug-likeness (QED) is 0.649. The summed E-state index contributed by atoms with van der Waals surface area (Å²) in [6, 6.07) is 7.64. The maximum atomic E-state index is 12.6. The molecule has 1 aromatic rings. The van der Waals surface area contributed by atoms with Gasteiger partial charge in [-0.15, -0.1) is 12.4 Å². The summed E-state index contributed by atoms with van der Waals surface area (Å²) in [6.07, 6.45) is 4.35. The SMILES string of the molecule is CCCOc1cccc(N(CC)C(=O)OC(C)CN2CCCCC2)c1.Cl. The molecule has 0 N–H and O–H groups in total. The summed E-state index contributed by atoms with van der Waals surface area (Å²) in [5.74, 6) is 0.784. The van der Waals surface area contributed by atoms with Gasteiger partial charge in [0.2, 0.25) is 0 Å². The molecule has 0 saturated carbocycles. The van der Waals surface area contributed by atoms with Gasteiger partial charge in [0.05, 0.1) is 12.3 Å². The molecule has 1 fully saturated rings. The van der Waals surface area contributed by atoms with Gasteiger partial charge in [0, 0.05) is 19.2 Å². The second-order valence-corrected chi connectivity index (χ2v) is 6.65. The van der Waals surface area contributed by atoms with E-state index in [4.69, 9.17) is 9.47 Å². The number of amides is 1. The largest absolute Gasteiger partial charge is 0.494 e. The molecule has 0 spiro atoms. The first-order valence-corrected chi connectivity index (χ1v) is 9.57. The van der Waals surface area contributed by atoms with Gasteiger partial charge >= 0.3 is 6.09 Å². The molecule has 0 radical (unpaired) electrons. The Morgan fingerprint density at radius 2 is 1.96 bits per heavy atom. The highest BCUT2D eigenvalue weighted by Crippen LogP contribution is 2.22. The molecule has 1 heterocycles. The molecule has 1 atom stereocenters. The number of ether oxygens (including phenoxy) is 2. The van der Waals surface area contributed by atoms with Crippen molar-refractivity contribution in [1.29, 1.82) is 0 Å². The number of hydrogen-bond acceptors (Lipinski definition) is 4. The lowest BCUT2D eigenvalue weighted by Crippen LogP contribution is -2.40. The molecule has 1 saturated heterocycles. The molecule has 1 amide bonds.